The third kappa shape index (κ3) is 5.19. The quantitative estimate of drug-likeness (QED) is 0.192. The van der Waals surface area contributed by atoms with E-state index in [1.807, 2.05) is 36.4 Å². The molecule has 0 spiro atoms. The Morgan fingerprint density at radius 2 is 1.19 bits per heavy atom. The van der Waals surface area contributed by atoms with Crippen LogP contribution in [0.2, 0.25) is 0 Å². The smallest absolute Gasteiger partial charge is 0.159 e. The van der Waals surface area contributed by atoms with Gasteiger partial charge in [-0.2, -0.15) is 0 Å². The van der Waals surface area contributed by atoms with Crippen molar-refractivity contribution in [3.05, 3.63) is 199 Å². The number of furan rings is 1. The van der Waals surface area contributed by atoms with Crippen molar-refractivity contribution in [1.82, 2.24) is 5.32 Å². The summed E-state index contributed by atoms with van der Waals surface area (Å²) in [5.41, 5.74) is 7.57. The maximum absolute atomic E-state index is 6.90. The largest absolute Gasteiger partial charge is 0.454 e. The number of amidine groups is 2. The van der Waals surface area contributed by atoms with Gasteiger partial charge in [0.1, 0.15) is 17.6 Å². The molecule has 0 saturated heterocycles. The second-order valence-electron chi connectivity index (χ2n) is 13.1. The molecule has 52 heavy (non-hydrogen) atoms. The molecule has 1 aliphatic rings. The van der Waals surface area contributed by atoms with E-state index in [-0.39, 0.29) is 6.17 Å². The Bertz CT molecular complexity index is 2820. The molecule has 0 radical (unpaired) electrons. The Kier molecular flexibility index (Phi) is 7.14. The van der Waals surface area contributed by atoms with Gasteiger partial charge in [-0.05, 0) is 69.6 Å². The number of aliphatic imine (C=N–C) groups is 2. The minimum absolute atomic E-state index is 0.323. The Morgan fingerprint density at radius 1 is 0.519 bits per heavy atom. The molecule has 246 valence electrons. The van der Waals surface area contributed by atoms with Crippen LogP contribution in [0.3, 0.4) is 0 Å². The number of anilines is 3. The molecule has 5 heteroatoms. The van der Waals surface area contributed by atoms with Gasteiger partial charge in [0.05, 0.1) is 5.69 Å². The van der Waals surface area contributed by atoms with E-state index in [0.29, 0.717) is 5.84 Å². The Labute approximate surface area is 300 Å². The molecule has 0 aliphatic carbocycles. The van der Waals surface area contributed by atoms with E-state index >= 15 is 0 Å². The van der Waals surface area contributed by atoms with Crippen molar-refractivity contribution < 1.29 is 4.42 Å². The van der Waals surface area contributed by atoms with Crippen LogP contribution in [0.1, 0.15) is 22.9 Å². The van der Waals surface area contributed by atoms with Crippen molar-refractivity contribution in [1.29, 1.82) is 0 Å². The van der Waals surface area contributed by atoms with Gasteiger partial charge >= 0.3 is 0 Å². The van der Waals surface area contributed by atoms with E-state index in [1.54, 1.807) is 0 Å². The summed E-state index contributed by atoms with van der Waals surface area (Å²) in [5, 5.41) is 10.5. The molecule has 0 saturated carbocycles. The van der Waals surface area contributed by atoms with Crippen LogP contribution in [0.5, 0.6) is 0 Å². The number of para-hydroxylation sites is 1. The highest BCUT2D eigenvalue weighted by Gasteiger charge is 2.26. The Hall–Kier alpha value is -6.98. The molecule has 9 aromatic rings. The molecule has 1 atom stereocenters. The second kappa shape index (κ2) is 12.4. The molecule has 5 nitrogen and oxygen atoms in total. The molecule has 1 N–H and O–H groups in total. The number of nitrogens with one attached hydrogen (secondary N) is 1. The zero-order valence-electron chi connectivity index (χ0n) is 28.1. The zero-order chi connectivity index (χ0) is 34.4. The van der Waals surface area contributed by atoms with Crippen LogP contribution in [0.15, 0.2) is 196 Å². The highest BCUT2D eigenvalue weighted by atomic mass is 16.3. The number of nitrogens with zero attached hydrogens (tertiary/aromatic N) is 3. The van der Waals surface area contributed by atoms with E-state index < -0.39 is 0 Å². The predicted molar refractivity (Wildman–Crippen MR) is 215 cm³/mol. The Morgan fingerprint density at radius 3 is 2.00 bits per heavy atom. The maximum atomic E-state index is 6.90. The van der Waals surface area contributed by atoms with E-state index in [4.69, 9.17) is 14.4 Å². The summed E-state index contributed by atoms with van der Waals surface area (Å²) in [5.74, 6) is 1.42. The fraction of sp³-hybridized carbons (Fsp3) is 0.0213. The highest BCUT2D eigenvalue weighted by Crippen LogP contribution is 2.45. The molecule has 1 aromatic heterocycles. The van der Waals surface area contributed by atoms with Crippen LogP contribution >= 0.6 is 0 Å². The highest BCUT2D eigenvalue weighted by molar-refractivity contribution is 6.23. The summed E-state index contributed by atoms with van der Waals surface area (Å²) < 4.78 is 6.90. The molecule has 1 unspecified atom stereocenters. The molecule has 0 bridgehead atoms. The average molecular weight is 669 g/mol. The fourth-order valence-electron chi connectivity index (χ4n) is 7.37. The first-order valence-electron chi connectivity index (χ1n) is 17.5. The van der Waals surface area contributed by atoms with Crippen molar-refractivity contribution in [3.63, 3.8) is 0 Å². The summed E-state index contributed by atoms with van der Waals surface area (Å²) in [6.45, 7) is 0. The minimum Gasteiger partial charge on any atom is -0.454 e. The normalized spacial score (nSPS) is 14.3. The first kappa shape index (κ1) is 29.9. The van der Waals surface area contributed by atoms with Crippen molar-refractivity contribution in [2.24, 2.45) is 9.98 Å². The zero-order valence-corrected chi connectivity index (χ0v) is 28.1. The van der Waals surface area contributed by atoms with E-state index in [0.717, 1.165) is 77.7 Å². The number of hydrogen-bond acceptors (Lipinski definition) is 5. The van der Waals surface area contributed by atoms with E-state index in [9.17, 15) is 0 Å². The summed E-state index contributed by atoms with van der Waals surface area (Å²) >= 11 is 0. The third-order valence-corrected chi connectivity index (χ3v) is 9.85. The average Bonchev–Trinajstić information content (AvgIpc) is 3.61. The van der Waals surface area contributed by atoms with Crippen molar-refractivity contribution in [3.8, 4) is 0 Å². The van der Waals surface area contributed by atoms with Gasteiger partial charge in [-0.15, -0.1) is 0 Å². The lowest BCUT2D eigenvalue weighted by molar-refractivity contribution is 0.668. The van der Waals surface area contributed by atoms with Gasteiger partial charge < -0.3 is 14.6 Å². The lowest BCUT2D eigenvalue weighted by atomic mass is 10.0. The van der Waals surface area contributed by atoms with Gasteiger partial charge in [0.25, 0.3) is 0 Å². The van der Waals surface area contributed by atoms with E-state index in [2.05, 4.69) is 156 Å². The van der Waals surface area contributed by atoms with Crippen LogP contribution < -0.4 is 10.2 Å². The van der Waals surface area contributed by atoms with Crippen molar-refractivity contribution >= 4 is 72.2 Å². The van der Waals surface area contributed by atoms with Crippen LogP contribution in [0, 0.1) is 0 Å². The first-order chi connectivity index (χ1) is 25.8. The third-order valence-electron chi connectivity index (χ3n) is 9.85. The molecular formula is C47H32N4O. The summed E-state index contributed by atoms with van der Waals surface area (Å²) in [4.78, 5) is 12.6. The van der Waals surface area contributed by atoms with Gasteiger partial charge in [-0.25, -0.2) is 9.98 Å². The summed E-state index contributed by atoms with van der Waals surface area (Å²) in [7, 11) is 0. The molecule has 10 rings (SSSR count). The molecular weight excluding hydrogens is 637 g/mol. The fourth-order valence-corrected chi connectivity index (χ4v) is 7.37. The summed E-state index contributed by atoms with van der Waals surface area (Å²) in [6, 6.07) is 63.3. The molecule has 1 aliphatic heterocycles. The SMILES string of the molecule is c1ccc(C2=NC(c3ccccc3)NC(c3cc(N(c4ccccc4)c4ccc5ccccc5c4)c4oc5ccc6ccccc6c5c4c3)=N2)cc1. The van der Waals surface area contributed by atoms with Gasteiger partial charge in [-0.1, -0.05) is 140 Å². The number of fused-ring (bicyclic) bond motifs is 6. The molecule has 0 amide bonds. The summed E-state index contributed by atoms with van der Waals surface area (Å²) in [6.07, 6.45) is -0.323. The van der Waals surface area contributed by atoms with Gasteiger partial charge in [0.2, 0.25) is 0 Å². The lowest BCUT2D eigenvalue weighted by Crippen LogP contribution is -2.33. The second-order valence-corrected chi connectivity index (χ2v) is 13.1. The van der Waals surface area contributed by atoms with Gasteiger partial charge in [0.15, 0.2) is 11.4 Å². The molecule has 8 aromatic carbocycles. The Balaban J connectivity index is 1.27. The van der Waals surface area contributed by atoms with Crippen molar-refractivity contribution in [2.75, 3.05) is 4.90 Å². The monoisotopic (exact) mass is 668 g/mol. The van der Waals surface area contributed by atoms with Crippen LogP contribution in [0.25, 0.3) is 43.5 Å². The number of benzene rings is 8. The van der Waals surface area contributed by atoms with E-state index in [1.165, 1.54) is 5.39 Å². The van der Waals surface area contributed by atoms with Crippen molar-refractivity contribution in [2.45, 2.75) is 6.17 Å². The van der Waals surface area contributed by atoms with Gasteiger partial charge in [0, 0.05) is 33.3 Å². The standard InChI is InChI=1S/C47H32N4O/c1-4-16-33(17-5-1)45-48-46(34-18-6-2-7-19-34)50-47(49-45)36-29-40-43-39-23-13-12-15-32(39)25-27-42(43)52-44(40)41(30-36)51(37-21-8-3-9-22-37)38-26-24-31-14-10-11-20-35(31)28-38/h1-30,45H,(H,48,49,50). The van der Waals surface area contributed by atoms with Crippen LogP contribution in [-0.2, 0) is 0 Å². The predicted octanol–water partition coefficient (Wildman–Crippen LogP) is 11.9. The molecule has 2 heterocycles. The minimum atomic E-state index is -0.323. The topological polar surface area (TPSA) is 53.1 Å². The van der Waals surface area contributed by atoms with Gasteiger partial charge in [-0.3, -0.25) is 0 Å². The lowest BCUT2D eigenvalue weighted by Gasteiger charge is -2.28. The molecule has 0 fully saturated rings. The number of hydrogen-bond donors (Lipinski definition) is 1. The van der Waals surface area contributed by atoms with Crippen LogP contribution in [0.4, 0.5) is 17.1 Å². The van der Waals surface area contributed by atoms with Crippen LogP contribution in [-0.4, -0.2) is 11.7 Å². The maximum Gasteiger partial charge on any atom is 0.159 e. The number of rotatable bonds is 6. The first-order valence-corrected chi connectivity index (χ1v) is 17.5.